The molecule has 1 heterocycles. The molecule has 0 unspecified atom stereocenters. The van der Waals surface area contributed by atoms with Crippen LogP contribution in [-0.2, 0) is 11.3 Å². The van der Waals surface area contributed by atoms with Gasteiger partial charge in [0.15, 0.2) is 0 Å². The van der Waals surface area contributed by atoms with Crippen LogP contribution in [0.2, 0.25) is 0 Å². The van der Waals surface area contributed by atoms with E-state index in [1.165, 1.54) is 18.4 Å². The quantitative estimate of drug-likeness (QED) is 0.138. The number of carbonyl (C=O) groups excluding carboxylic acids is 3. The van der Waals surface area contributed by atoms with Gasteiger partial charge in [-0.25, -0.2) is 0 Å². The molecule has 5 rings (SSSR count). The van der Waals surface area contributed by atoms with Crippen molar-refractivity contribution in [3.05, 3.63) is 117 Å². The van der Waals surface area contributed by atoms with Crippen LogP contribution < -0.4 is 21.3 Å². The number of aryl methyl sites for hydroxylation is 1. The van der Waals surface area contributed by atoms with Gasteiger partial charge in [-0.3, -0.25) is 14.4 Å². The van der Waals surface area contributed by atoms with Crippen molar-refractivity contribution in [3.63, 3.8) is 0 Å². The van der Waals surface area contributed by atoms with Gasteiger partial charge in [-0.15, -0.1) is 0 Å². The average molecular weight is 636 g/mol. The topological polar surface area (TPSA) is 123 Å². The van der Waals surface area contributed by atoms with E-state index in [2.05, 4.69) is 51.1 Å². The van der Waals surface area contributed by atoms with E-state index in [1.807, 2.05) is 43.3 Å². The zero-order valence-electron chi connectivity index (χ0n) is 26.3. The Morgan fingerprint density at radius 2 is 1.59 bits per heavy atom. The molecule has 8 nitrogen and oxygen atoms in total. The number of thiophene rings is 1. The average Bonchev–Trinajstić information content (AvgIpc) is 3.81. The number of benzene rings is 3. The Bertz CT molecular complexity index is 1630. The van der Waals surface area contributed by atoms with Gasteiger partial charge in [0.2, 0.25) is 5.91 Å². The van der Waals surface area contributed by atoms with Gasteiger partial charge in [0.1, 0.15) is 0 Å². The summed E-state index contributed by atoms with van der Waals surface area (Å²) < 4.78 is 0. The van der Waals surface area contributed by atoms with Crippen molar-refractivity contribution in [1.82, 2.24) is 21.3 Å². The summed E-state index contributed by atoms with van der Waals surface area (Å²) in [5.41, 5.74) is 4.64. The molecule has 0 aliphatic heterocycles. The molecule has 238 valence electrons. The maximum atomic E-state index is 13.2. The van der Waals surface area contributed by atoms with E-state index in [1.54, 1.807) is 47.7 Å². The van der Waals surface area contributed by atoms with Gasteiger partial charge in [0, 0.05) is 37.3 Å². The molecule has 0 saturated heterocycles. The molecule has 1 aromatic heterocycles. The van der Waals surface area contributed by atoms with Crippen LogP contribution in [0.5, 0.6) is 0 Å². The van der Waals surface area contributed by atoms with E-state index < -0.39 is 0 Å². The summed E-state index contributed by atoms with van der Waals surface area (Å²) in [7, 11) is 0. The minimum absolute atomic E-state index is 0.0178. The first-order valence-electron chi connectivity index (χ1n) is 15.6. The number of nitrogens with one attached hydrogen (secondary N) is 4. The van der Waals surface area contributed by atoms with Crippen molar-refractivity contribution in [1.29, 1.82) is 5.26 Å². The van der Waals surface area contributed by atoms with Crippen LogP contribution >= 0.6 is 11.3 Å². The molecule has 1 aliphatic rings. The smallest absolute Gasteiger partial charge is 0.251 e. The molecule has 4 aromatic rings. The molecular formula is C37H41N5O3S. The second-order valence-electron chi connectivity index (χ2n) is 11.3. The Kier molecular flexibility index (Phi) is 13.1. The summed E-state index contributed by atoms with van der Waals surface area (Å²) in [6, 6.07) is 25.6. The van der Waals surface area contributed by atoms with Crippen LogP contribution in [0, 0.1) is 24.2 Å². The fourth-order valence-corrected chi connectivity index (χ4v) is 5.39. The highest BCUT2D eigenvalue weighted by atomic mass is 32.1. The number of amides is 3. The fourth-order valence-electron chi connectivity index (χ4n) is 4.73. The summed E-state index contributed by atoms with van der Waals surface area (Å²) in [5.74, 6) is -0.0713. The van der Waals surface area contributed by atoms with Gasteiger partial charge >= 0.3 is 0 Å². The van der Waals surface area contributed by atoms with Gasteiger partial charge in [0.25, 0.3) is 11.8 Å². The number of rotatable bonds is 13. The Balaban J connectivity index is 0.000000717. The summed E-state index contributed by atoms with van der Waals surface area (Å²) in [6.45, 7) is 5.83. The van der Waals surface area contributed by atoms with E-state index in [4.69, 9.17) is 0 Å². The fraction of sp³-hybridized carbons (Fsp3) is 0.297. The maximum Gasteiger partial charge on any atom is 0.251 e. The number of carbonyl (C=O) groups is 3. The summed E-state index contributed by atoms with van der Waals surface area (Å²) in [4.78, 5) is 38.7. The molecule has 1 atom stereocenters. The van der Waals surface area contributed by atoms with E-state index in [0.717, 1.165) is 12.1 Å². The predicted octanol–water partition coefficient (Wildman–Crippen LogP) is 5.84. The molecule has 3 aromatic carbocycles. The summed E-state index contributed by atoms with van der Waals surface area (Å²) in [6.07, 6.45) is 3.00. The van der Waals surface area contributed by atoms with Crippen LogP contribution in [0.15, 0.2) is 89.6 Å². The van der Waals surface area contributed by atoms with Crippen molar-refractivity contribution in [2.24, 2.45) is 5.92 Å². The van der Waals surface area contributed by atoms with Gasteiger partial charge in [-0.05, 0) is 95.4 Å². The van der Waals surface area contributed by atoms with E-state index in [9.17, 15) is 19.6 Å². The predicted molar refractivity (Wildman–Crippen MR) is 183 cm³/mol. The van der Waals surface area contributed by atoms with Crippen LogP contribution in [-0.4, -0.2) is 43.4 Å². The van der Waals surface area contributed by atoms with Crippen molar-refractivity contribution in [3.8, 4) is 17.2 Å². The SMILES string of the molecule is CC[C@H](NCCNC(=O)c1cc(C(=O)NCc2ccccc2)cc(-c2ccccc2C#N)c1)C(=O)NCC1CC1.Cc1ccsc1. The largest absolute Gasteiger partial charge is 0.354 e. The van der Waals surface area contributed by atoms with Crippen molar-refractivity contribution < 1.29 is 14.4 Å². The summed E-state index contributed by atoms with van der Waals surface area (Å²) in [5, 5.41) is 25.8. The lowest BCUT2D eigenvalue weighted by Gasteiger charge is -2.17. The first-order valence-corrected chi connectivity index (χ1v) is 16.6. The van der Waals surface area contributed by atoms with Crippen LogP contribution in [0.3, 0.4) is 0 Å². The second-order valence-corrected chi connectivity index (χ2v) is 12.1. The van der Waals surface area contributed by atoms with Crippen LogP contribution in [0.1, 0.15) is 63.6 Å². The molecule has 46 heavy (non-hydrogen) atoms. The lowest BCUT2D eigenvalue weighted by Crippen LogP contribution is -2.46. The highest BCUT2D eigenvalue weighted by Gasteiger charge is 2.23. The van der Waals surface area contributed by atoms with Gasteiger partial charge in [0.05, 0.1) is 17.7 Å². The lowest BCUT2D eigenvalue weighted by atomic mass is 9.96. The van der Waals surface area contributed by atoms with Crippen LogP contribution in [0.4, 0.5) is 0 Å². The number of nitriles is 1. The minimum atomic E-state index is -0.346. The third-order valence-corrected chi connectivity index (χ3v) is 8.36. The first kappa shape index (κ1) is 34.1. The third kappa shape index (κ3) is 10.7. The number of hydrogen-bond donors (Lipinski definition) is 4. The van der Waals surface area contributed by atoms with Crippen LogP contribution in [0.25, 0.3) is 11.1 Å². The maximum absolute atomic E-state index is 13.2. The molecule has 0 spiro atoms. The molecule has 0 radical (unpaired) electrons. The molecular weight excluding hydrogens is 595 g/mol. The highest BCUT2D eigenvalue weighted by molar-refractivity contribution is 7.07. The monoisotopic (exact) mass is 635 g/mol. The Hall–Kier alpha value is -4.78. The summed E-state index contributed by atoms with van der Waals surface area (Å²) >= 11 is 1.74. The van der Waals surface area contributed by atoms with E-state index in [0.29, 0.717) is 59.8 Å². The van der Waals surface area contributed by atoms with E-state index in [-0.39, 0.29) is 23.8 Å². The molecule has 0 bridgehead atoms. The molecule has 9 heteroatoms. The third-order valence-electron chi connectivity index (χ3n) is 7.56. The Morgan fingerprint density at radius 3 is 2.20 bits per heavy atom. The van der Waals surface area contributed by atoms with E-state index >= 15 is 0 Å². The normalized spacial score (nSPS) is 12.5. The van der Waals surface area contributed by atoms with Crippen molar-refractivity contribution in [2.75, 3.05) is 19.6 Å². The van der Waals surface area contributed by atoms with Crippen molar-refractivity contribution in [2.45, 2.75) is 45.7 Å². The number of nitrogens with zero attached hydrogens (tertiary/aromatic N) is 1. The molecule has 1 fully saturated rings. The van der Waals surface area contributed by atoms with Gasteiger partial charge < -0.3 is 21.3 Å². The second kappa shape index (κ2) is 17.6. The zero-order chi connectivity index (χ0) is 32.7. The van der Waals surface area contributed by atoms with Gasteiger partial charge in [-0.1, -0.05) is 55.5 Å². The first-order chi connectivity index (χ1) is 22.4. The molecule has 4 N–H and O–H groups in total. The minimum Gasteiger partial charge on any atom is -0.354 e. The number of hydrogen-bond acceptors (Lipinski definition) is 6. The lowest BCUT2D eigenvalue weighted by molar-refractivity contribution is -0.123. The Labute approximate surface area is 275 Å². The molecule has 1 saturated carbocycles. The zero-order valence-corrected chi connectivity index (χ0v) is 27.2. The molecule has 3 amide bonds. The molecule has 1 aliphatic carbocycles. The standard InChI is InChI=1S/C32H35N5O3.C5H6S/c1-2-29(32(40)37-21-23-12-13-23)34-14-15-35-30(38)26-16-25(28-11-7-6-10-24(28)19-33)17-27(18-26)31(39)36-20-22-8-4-3-5-9-22;1-5-2-3-6-4-5/h3-11,16-18,23,29,34H,2,12-15,20-21H2,1H3,(H,35,38)(H,36,39)(H,37,40);2-4H,1H3/t29-;/m0./s1. The Morgan fingerprint density at radius 1 is 0.891 bits per heavy atom. The van der Waals surface area contributed by atoms with Crippen molar-refractivity contribution >= 4 is 29.1 Å². The van der Waals surface area contributed by atoms with Gasteiger partial charge in [-0.2, -0.15) is 16.6 Å². The highest BCUT2D eigenvalue weighted by Crippen LogP contribution is 2.28.